The Balaban J connectivity index is 1.52. The van der Waals surface area contributed by atoms with Crippen molar-refractivity contribution in [1.82, 2.24) is 15.1 Å². The Morgan fingerprint density at radius 1 is 1.28 bits per heavy atom. The first-order valence-electron chi connectivity index (χ1n) is 6.99. The van der Waals surface area contributed by atoms with Crippen LogP contribution in [0.4, 0.5) is 0 Å². The van der Waals surface area contributed by atoms with E-state index < -0.39 is 0 Å². The molecule has 0 aliphatic carbocycles. The van der Waals surface area contributed by atoms with E-state index in [-0.39, 0.29) is 0 Å². The van der Waals surface area contributed by atoms with E-state index in [1.54, 1.807) is 0 Å². The summed E-state index contributed by atoms with van der Waals surface area (Å²) in [4.78, 5) is 8.21. The van der Waals surface area contributed by atoms with Crippen molar-refractivity contribution in [2.45, 2.75) is 25.9 Å². The summed E-state index contributed by atoms with van der Waals surface area (Å²) >= 11 is 1.94. The number of likely N-dealkylation sites (tertiary alicyclic amines) is 1. The average molecular weight is 265 g/mol. The van der Waals surface area contributed by atoms with E-state index in [1.807, 2.05) is 11.3 Å². The minimum absolute atomic E-state index is 0.600. The summed E-state index contributed by atoms with van der Waals surface area (Å²) in [5.74, 6) is 0. The molecule has 0 spiro atoms. The second-order valence-corrected chi connectivity index (χ2v) is 6.84. The molecule has 1 unspecified atom stereocenters. The summed E-state index contributed by atoms with van der Waals surface area (Å²) in [5.41, 5.74) is 0. The van der Waals surface area contributed by atoms with E-state index in [1.165, 1.54) is 35.9 Å². The molecule has 1 aromatic heterocycles. The molecule has 2 aliphatic rings. The molecule has 0 radical (unpaired) electrons. The van der Waals surface area contributed by atoms with Gasteiger partial charge < -0.3 is 5.32 Å². The molecule has 2 saturated heterocycles. The fourth-order valence-corrected chi connectivity index (χ4v) is 3.90. The lowest BCUT2D eigenvalue weighted by Gasteiger charge is -2.49. The highest BCUT2D eigenvalue weighted by Gasteiger charge is 2.35. The van der Waals surface area contributed by atoms with Crippen LogP contribution in [0.5, 0.6) is 0 Å². The van der Waals surface area contributed by atoms with Crippen LogP contribution in [-0.2, 0) is 0 Å². The number of nitrogens with zero attached hydrogens (tertiary/aromatic N) is 2. The van der Waals surface area contributed by atoms with E-state index in [4.69, 9.17) is 0 Å². The van der Waals surface area contributed by atoms with Crippen molar-refractivity contribution in [3.8, 4) is 0 Å². The molecule has 2 fully saturated rings. The molecular formula is C14H23N3S. The average Bonchev–Trinajstić information content (AvgIpc) is 2.75. The zero-order valence-corrected chi connectivity index (χ0v) is 12.2. The molecule has 4 heteroatoms. The third kappa shape index (κ3) is 2.48. The van der Waals surface area contributed by atoms with E-state index in [2.05, 4.69) is 41.1 Å². The van der Waals surface area contributed by atoms with E-state index >= 15 is 0 Å². The SMILES string of the molecule is Cc1ccc(C(C)N2CC(N3CCNCC3)C2)s1. The molecule has 0 aromatic carbocycles. The minimum Gasteiger partial charge on any atom is -0.314 e. The molecule has 3 rings (SSSR count). The summed E-state index contributed by atoms with van der Waals surface area (Å²) in [5, 5.41) is 3.43. The predicted octanol–water partition coefficient (Wildman–Crippen LogP) is 1.71. The maximum absolute atomic E-state index is 3.43. The van der Waals surface area contributed by atoms with Crippen LogP contribution >= 0.6 is 11.3 Å². The quantitative estimate of drug-likeness (QED) is 0.897. The van der Waals surface area contributed by atoms with Crippen LogP contribution in [0.15, 0.2) is 12.1 Å². The van der Waals surface area contributed by atoms with Gasteiger partial charge in [-0.1, -0.05) is 0 Å². The Hall–Kier alpha value is -0.420. The van der Waals surface area contributed by atoms with Crippen molar-refractivity contribution >= 4 is 11.3 Å². The summed E-state index contributed by atoms with van der Waals surface area (Å²) in [6.07, 6.45) is 0. The molecule has 0 saturated carbocycles. The number of hydrogen-bond donors (Lipinski definition) is 1. The van der Waals surface area contributed by atoms with E-state index in [9.17, 15) is 0 Å². The van der Waals surface area contributed by atoms with Gasteiger partial charge in [0.05, 0.1) is 0 Å². The van der Waals surface area contributed by atoms with Crippen LogP contribution in [0.1, 0.15) is 22.7 Å². The van der Waals surface area contributed by atoms with Crippen LogP contribution in [-0.4, -0.2) is 55.1 Å². The van der Waals surface area contributed by atoms with Crippen LogP contribution in [0, 0.1) is 6.92 Å². The molecule has 18 heavy (non-hydrogen) atoms. The Morgan fingerprint density at radius 2 is 2.00 bits per heavy atom. The van der Waals surface area contributed by atoms with Gasteiger partial charge in [0.2, 0.25) is 0 Å². The summed E-state index contributed by atoms with van der Waals surface area (Å²) in [7, 11) is 0. The van der Waals surface area contributed by atoms with Crippen molar-refractivity contribution in [1.29, 1.82) is 0 Å². The fraction of sp³-hybridized carbons (Fsp3) is 0.714. The number of aryl methyl sites for hydroxylation is 1. The Morgan fingerprint density at radius 3 is 2.61 bits per heavy atom. The summed E-state index contributed by atoms with van der Waals surface area (Å²) in [6.45, 7) is 11.8. The van der Waals surface area contributed by atoms with Gasteiger partial charge in [-0.2, -0.15) is 0 Å². The Labute approximate surface area is 114 Å². The van der Waals surface area contributed by atoms with Gasteiger partial charge in [-0.05, 0) is 26.0 Å². The number of thiophene rings is 1. The van der Waals surface area contributed by atoms with Gasteiger partial charge in [0, 0.05) is 61.1 Å². The highest BCUT2D eigenvalue weighted by atomic mass is 32.1. The molecule has 3 heterocycles. The van der Waals surface area contributed by atoms with E-state index in [0.29, 0.717) is 6.04 Å². The van der Waals surface area contributed by atoms with Crippen molar-refractivity contribution in [2.24, 2.45) is 0 Å². The van der Waals surface area contributed by atoms with Crippen molar-refractivity contribution < 1.29 is 0 Å². The van der Waals surface area contributed by atoms with Gasteiger partial charge in [0.15, 0.2) is 0 Å². The van der Waals surface area contributed by atoms with Gasteiger partial charge in [-0.15, -0.1) is 11.3 Å². The number of piperazine rings is 1. The first-order chi connectivity index (χ1) is 8.74. The standard InChI is InChI=1S/C14H23N3S/c1-11-3-4-14(18-11)12(2)17-9-13(10-17)16-7-5-15-6-8-16/h3-4,12-13,15H,5-10H2,1-2H3. The lowest BCUT2D eigenvalue weighted by molar-refractivity contribution is 0.00432. The van der Waals surface area contributed by atoms with E-state index in [0.717, 1.165) is 19.1 Å². The molecule has 0 amide bonds. The van der Waals surface area contributed by atoms with Crippen LogP contribution in [0.3, 0.4) is 0 Å². The largest absolute Gasteiger partial charge is 0.314 e. The molecule has 100 valence electrons. The van der Waals surface area contributed by atoms with Crippen LogP contribution in [0.25, 0.3) is 0 Å². The van der Waals surface area contributed by atoms with Gasteiger partial charge in [0.25, 0.3) is 0 Å². The fourth-order valence-electron chi connectivity index (χ4n) is 2.94. The normalized spacial score (nSPS) is 25.0. The van der Waals surface area contributed by atoms with Gasteiger partial charge in [-0.3, -0.25) is 9.80 Å². The third-order valence-corrected chi connectivity index (χ3v) is 5.45. The zero-order valence-electron chi connectivity index (χ0n) is 11.4. The molecule has 3 nitrogen and oxygen atoms in total. The first-order valence-corrected chi connectivity index (χ1v) is 7.81. The Kier molecular flexibility index (Phi) is 3.71. The predicted molar refractivity (Wildman–Crippen MR) is 77.3 cm³/mol. The molecular weight excluding hydrogens is 242 g/mol. The zero-order chi connectivity index (χ0) is 12.5. The third-order valence-electron chi connectivity index (χ3n) is 4.28. The lowest BCUT2D eigenvalue weighted by atomic mass is 10.0. The highest BCUT2D eigenvalue weighted by Crippen LogP contribution is 2.31. The maximum atomic E-state index is 3.43. The molecule has 1 aromatic rings. The molecule has 2 aliphatic heterocycles. The lowest BCUT2D eigenvalue weighted by Crippen LogP contribution is -2.62. The van der Waals surface area contributed by atoms with Gasteiger partial charge >= 0.3 is 0 Å². The first kappa shape index (κ1) is 12.6. The molecule has 0 bridgehead atoms. The minimum atomic E-state index is 0.600. The monoisotopic (exact) mass is 265 g/mol. The summed E-state index contributed by atoms with van der Waals surface area (Å²) in [6, 6.07) is 5.94. The van der Waals surface area contributed by atoms with Gasteiger partial charge in [0.1, 0.15) is 0 Å². The topological polar surface area (TPSA) is 18.5 Å². The second kappa shape index (κ2) is 5.29. The van der Waals surface area contributed by atoms with Crippen LogP contribution < -0.4 is 5.32 Å². The van der Waals surface area contributed by atoms with Crippen molar-refractivity contribution in [3.05, 3.63) is 21.9 Å². The molecule has 1 atom stereocenters. The Bertz CT molecular complexity index is 391. The summed E-state index contributed by atoms with van der Waals surface area (Å²) < 4.78 is 0. The smallest absolute Gasteiger partial charge is 0.0414 e. The number of rotatable bonds is 3. The number of nitrogens with one attached hydrogen (secondary N) is 1. The van der Waals surface area contributed by atoms with Crippen LogP contribution in [0.2, 0.25) is 0 Å². The van der Waals surface area contributed by atoms with Crippen molar-refractivity contribution in [2.75, 3.05) is 39.3 Å². The highest BCUT2D eigenvalue weighted by molar-refractivity contribution is 7.12. The molecule has 1 N–H and O–H groups in total. The second-order valence-electron chi connectivity index (χ2n) is 5.52. The van der Waals surface area contributed by atoms with Gasteiger partial charge in [-0.25, -0.2) is 0 Å². The van der Waals surface area contributed by atoms with Crippen molar-refractivity contribution in [3.63, 3.8) is 0 Å². The number of hydrogen-bond acceptors (Lipinski definition) is 4. The maximum Gasteiger partial charge on any atom is 0.0414 e.